The molecule has 1 fully saturated rings. The van der Waals surface area contributed by atoms with Crippen LogP contribution in [0.25, 0.3) is 0 Å². The number of hydrogen-bond acceptors (Lipinski definition) is 6. The third-order valence-electron chi connectivity index (χ3n) is 7.02. The largest absolute Gasteiger partial charge is 0.461 e. The summed E-state index contributed by atoms with van der Waals surface area (Å²) in [6, 6.07) is 22.4. The molecule has 1 N–H and O–H groups in total. The molecular formula is C28H30N2O3S. The number of nitrogens with one attached hydrogen (secondary N) is 1. The number of fused-ring (bicyclic) bond motifs is 1. The Hall–Kier alpha value is -2.80. The second-order valence-corrected chi connectivity index (χ2v) is 10.4. The molecular weight excluding hydrogens is 444 g/mol. The summed E-state index contributed by atoms with van der Waals surface area (Å²) < 4.78 is 6.17. The van der Waals surface area contributed by atoms with Crippen molar-refractivity contribution < 1.29 is 14.3 Å². The van der Waals surface area contributed by atoms with E-state index in [0.717, 1.165) is 55.6 Å². The Balaban J connectivity index is 1.26. The predicted octanol–water partition coefficient (Wildman–Crippen LogP) is 4.70. The van der Waals surface area contributed by atoms with Crippen LogP contribution in [0.4, 0.5) is 0 Å². The third kappa shape index (κ3) is 4.85. The first kappa shape index (κ1) is 23.0. The van der Waals surface area contributed by atoms with Crippen molar-refractivity contribution in [1.82, 2.24) is 10.2 Å². The van der Waals surface area contributed by atoms with E-state index < -0.39 is 5.54 Å². The van der Waals surface area contributed by atoms with Crippen LogP contribution in [0, 0.1) is 0 Å². The van der Waals surface area contributed by atoms with Gasteiger partial charge < -0.3 is 4.74 Å². The molecule has 1 aliphatic heterocycles. The maximum atomic E-state index is 13.7. The van der Waals surface area contributed by atoms with Crippen molar-refractivity contribution in [2.75, 3.05) is 13.1 Å². The monoisotopic (exact) mass is 474 g/mol. The zero-order chi connectivity index (χ0) is 23.4. The van der Waals surface area contributed by atoms with Gasteiger partial charge >= 0.3 is 5.97 Å². The standard InChI is InChI=1S/C28H30N2O3S/c31-20-25-11-10-24(34-25)18-29-28(15-12-22-8-4-5-9-26(22)28)27(32)33-23-13-16-30(17-14-23)19-21-6-2-1-3-7-21/h1-11,20,23,29H,12-19H2. The number of aryl methyl sites for hydroxylation is 1. The molecule has 0 amide bonds. The summed E-state index contributed by atoms with van der Waals surface area (Å²) in [6.45, 7) is 3.31. The molecule has 0 spiro atoms. The van der Waals surface area contributed by atoms with Crippen molar-refractivity contribution in [2.45, 2.75) is 50.4 Å². The van der Waals surface area contributed by atoms with E-state index >= 15 is 0 Å². The normalized spacial score (nSPS) is 20.7. The lowest BCUT2D eigenvalue weighted by Crippen LogP contribution is -2.50. The van der Waals surface area contributed by atoms with E-state index in [1.54, 1.807) is 0 Å². The molecule has 1 saturated heterocycles. The van der Waals surface area contributed by atoms with Crippen molar-refractivity contribution in [3.05, 3.63) is 93.2 Å². The number of hydrogen-bond donors (Lipinski definition) is 1. The lowest BCUT2D eigenvalue weighted by atomic mass is 9.91. The lowest BCUT2D eigenvalue weighted by Gasteiger charge is -2.35. The van der Waals surface area contributed by atoms with Gasteiger partial charge in [0.2, 0.25) is 0 Å². The van der Waals surface area contributed by atoms with Crippen molar-refractivity contribution in [2.24, 2.45) is 0 Å². The van der Waals surface area contributed by atoms with Crippen LogP contribution >= 0.6 is 11.3 Å². The van der Waals surface area contributed by atoms with Crippen molar-refractivity contribution in [3.8, 4) is 0 Å². The number of carbonyl (C=O) groups excluding carboxylic acids is 2. The first-order chi connectivity index (χ1) is 16.7. The van der Waals surface area contributed by atoms with Gasteiger partial charge in [-0.1, -0.05) is 54.6 Å². The highest BCUT2D eigenvalue weighted by molar-refractivity contribution is 7.13. The molecule has 0 bridgehead atoms. The number of piperidine rings is 1. The van der Waals surface area contributed by atoms with Gasteiger partial charge in [-0.2, -0.15) is 0 Å². The van der Waals surface area contributed by atoms with Gasteiger partial charge in [0.1, 0.15) is 11.6 Å². The fraction of sp³-hybridized carbons (Fsp3) is 0.357. The molecule has 176 valence electrons. The average molecular weight is 475 g/mol. The zero-order valence-electron chi connectivity index (χ0n) is 19.2. The first-order valence-electron chi connectivity index (χ1n) is 12.0. The Labute approximate surface area is 204 Å². The maximum Gasteiger partial charge on any atom is 0.331 e. The number of carbonyl (C=O) groups is 2. The van der Waals surface area contributed by atoms with Crippen LogP contribution in [-0.4, -0.2) is 36.3 Å². The SMILES string of the molecule is O=Cc1ccc(CNC2(C(=O)OC3CCN(Cc4ccccc4)CC3)CCc3ccccc32)s1. The van der Waals surface area contributed by atoms with Crippen LogP contribution in [0.1, 0.15) is 50.5 Å². The van der Waals surface area contributed by atoms with Gasteiger partial charge in [0.05, 0.1) is 4.88 Å². The fourth-order valence-electron chi connectivity index (χ4n) is 5.15. The van der Waals surface area contributed by atoms with Crippen molar-refractivity contribution in [3.63, 3.8) is 0 Å². The van der Waals surface area contributed by atoms with Crippen LogP contribution in [0.3, 0.4) is 0 Å². The summed E-state index contributed by atoms with van der Waals surface area (Å²) in [5.41, 5.74) is 2.69. The minimum absolute atomic E-state index is 0.0608. The average Bonchev–Trinajstić information content (AvgIpc) is 3.50. The number of ether oxygens (including phenoxy) is 1. The Morgan fingerprint density at radius 1 is 1.06 bits per heavy atom. The van der Waals surface area contributed by atoms with Gasteiger partial charge in [-0.25, -0.2) is 4.79 Å². The van der Waals surface area contributed by atoms with E-state index in [-0.39, 0.29) is 12.1 Å². The minimum Gasteiger partial charge on any atom is -0.461 e. The zero-order valence-corrected chi connectivity index (χ0v) is 20.1. The first-order valence-corrected chi connectivity index (χ1v) is 12.8. The highest BCUT2D eigenvalue weighted by atomic mass is 32.1. The molecule has 6 heteroatoms. The molecule has 1 aliphatic carbocycles. The molecule has 3 aromatic rings. The van der Waals surface area contributed by atoms with Gasteiger partial charge in [0.25, 0.3) is 0 Å². The summed E-state index contributed by atoms with van der Waals surface area (Å²) in [4.78, 5) is 28.9. The summed E-state index contributed by atoms with van der Waals surface area (Å²) >= 11 is 1.46. The van der Waals surface area contributed by atoms with E-state index in [2.05, 4.69) is 40.5 Å². The summed E-state index contributed by atoms with van der Waals surface area (Å²) in [5, 5.41) is 3.55. The highest BCUT2D eigenvalue weighted by Gasteiger charge is 2.47. The molecule has 5 nitrogen and oxygen atoms in total. The van der Waals surface area contributed by atoms with Crippen LogP contribution in [0.5, 0.6) is 0 Å². The quantitative estimate of drug-likeness (QED) is 0.379. The van der Waals surface area contributed by atoms with Crippen molar-refractivity contribution >= 4 is 23.6 Å². The van der Waals surface area contributed by atoms with Crippen molar-refractivity contribution in [1.29, 1.82) is 0 Å². The predicted molar refractivity (Wildman–Crippen MR) is 134 cm³/mol. The number of thiophene rings is 1. The molecule has 2 aromatic carbocycles. The van der Waals surface area contributed by atoms with E-state index in [1.165, 1.54) is 22.5 Å². The number of nitrogens with zero attached hydrogens (tertiary/aromatic N) is 1. The smallest absolute Gasteiger partial charge is 0.331 e. The Bertz CT molecular complexity index is 1140. The molecule has 5 rings (SSSR count). The number of rotatable bonds is 8. The summed E-state index contributed by atoms with van der Waals surface area (Å²) in [5.74, 6) is -0.175. The molecule has 0 saturated carbocycles. The molecule has 1 atom stereocenters. The highest BCUT2D eigenvalue weighted by Crippen LogP contribution is 2.39. The molecule has 2 heterocycles. The van der Waals surface area contributed by atoms with Gasteiger partial charge in [-0.3, -0.25) is 15.0 Å². The van der Waals surface area contributed by atoms with Crippen LogP contribution < -0.4 is 5.32 Å². The molecule has 2 aliphatic rings. The van der Waals surface area contributed by atoms with E-state index in [9.17, 15) is 9.59 Å². The van der Waals surface area contributed by atoms with Gasteiger partial charge in [0.15, 0.2) is 6.29 Å². The number of aldehydes is 1. The van der Waals surface area contributed by atoms with Crippen LogP contribution in [0.15, 0.2) is 66.7 Å². The van der Waals surface area contributed by atoms with E-state index in [1.807, 2.05) is 36.4 Å². The molecule has 1 aromatic heterocycles. The molecule has 34 heavy (non-hydrogen) atoms. The third-order valence-corrected chi connectivity index (χ3v) is 8.03. The molecule has 0 radical (unpaired) electrons. The van der Waals surface area contributed by atoms with Gasteiger partial charge in [0, 0.05) is 31.1 Å². The summed E-state index contributed by atoms with van der Waals surface area (Å²) in [6.07, 6.45) is 4.04. The maximum absolute atomic E-state index is 13.7. The van der Waals surface area contributed by atoms with Crippen LogP contribution in [-0.2, 0) is 34.6 Å². The van der Waals surface area contributed by atoms with E-state index in [0.29, 0.717) is 17.8 Å². The molecule has 1 unspecified atom stereocenters. The number of benzene rings is 2. The second-order valence-electron chi connectivity index (χ2n) is 9.20. The Morgan fingerprint density at radius 3 is 2.59 bits per heavy atom. The summed E-state index contributed by atoms with van der Waals surface area (Å²) in [7, 11) is 0. The number of esters is 1. The van der Waals surface area contributed by atoms with Crippen LogP contribution in [0.2, 0.25) is 0 Å². The van der Waals surface area contributed by atoms with E-state index in [4.69, 9.17) is 4.74 Å². The topological polar surface area (TPSA) is 58.6 Å². The lowest BCUT2D eigenvalue weighted by molar-refractivity contribution is -0.160. The Kier molecular flexibility index (Phi) is 6.90. The fourth-order valence-corrected chi connectivity index (χ4v) is 5.92. The van der Waals surface area contributed by atoms with Gasteiger partial charge in [-0.15, -0.1) is 11.3 Å². The minimum atomic E-state index is -0.844. The second kappa shape index (κ2) is 10.2. The Morgan fingerprint density at radius 2 is 1.82 bits per heavy atom. The number of likely N-dealkylation sites (tertiary alicyclic amines) is 1. The van der Waals surface area contributed by atoms with Gasteiger partial charge in [-0.05, 0) is 54.5 Å².